The predicted octanol–water partition coefficient (Wildman–Crippen LogP) is 4.84. The largest absolute Gasteiger partial charge is 0.294 e. The van der Waals surface area contributed by atoms with Gasteiger partial charge in [0.15, 0.2) is 0 Å². The van der Waals surface area contributed by atoms with E-state index >= 15 is 0 Å². The molecule has 1 aliphatic heterocycles. The molecule has 0 aromatic carbocycles. The van der Waals surface area contributed by atoms with E-state index in [0.29, 0.717) is 12.0 Å². The maximum absolute atomic E-state index is 4.63. The number of unbranched alkanes of at least 4 members (excludes halogenated alkanes) is 5. The fourth-order valence-corrected chi connectivity index (χ4v) is 2.89. The molecule has 0 bridgehead atoms. The molecular formula is C16H32N2. The highest BCUT2D eigenvalue weighted by Gasteiger charge is 2.27. The second kappa shape index (κ2) is 9.41. The molecular weight excluding hydrogens is 220 g/mol. The Kier molecular flexibility index (Phi) is 8.11. The average Bonchev–Trinajstić information content (AvgIpc) is 2.77. The summed E-state index contributed by atoms with van der Waals surface area (Å²) in [6, 6.07) is 0.690. The third-order valence-electron chi connectivity index (χ3n) is 4.08. The third-order valence-corrected chi connectivity index (χ3v) is 4.08. The molecule has 1 rings (SSSR count). The molecule has 106 valence electrons. The lowest BCUT2D eigenvalue weighted by molar-refractivity contribution is 0.183. The van der Waals surface area contributed by atoms with Crippen molar-refractivity contribution in [3.05, 3.63) is 0 Å². The van der Waals surface area contributed by atoms with Gasteiger partial charge in [0.2, 0.25) is 0 Å². The molecule has 0 saturated heterocycles. The van der Waals surface area contributed by atoms with Crippen molar-refractivity contribution in [2.45, 2.75) is 84.6 Å². The van der Waals surface area contributed by atoms with Crippen LogP contribution in [0.5, 0.6) is 0 Å². The van der Waals surface area contributed by atoms with Crippen molar-refractivity contribution in [3.63, 3.8) is 0 Å². The number of nitrogens with zero attached hydrogens (tertiary/aromatic N) is 2. The summed E-state index contributed by atoms with van der Waals surface area (Å²) in [6.07, 6.45) is 14.3. The Bertz CT molecular complexity index is 225. The van der Waals surface area contributed by atoms with E-state index in [0.717, 1.165) is 0 Å². The quantitative estimate of drug-likeness (QED) is 0.508. The summed E-state index contributed by atoms with van der Waals surface area (Å²) in [4.78, 5) is 0. The Morgan fingerprint density at radius 3 is 2.33 bits per heavy atom. The molecule has 0 amide bonds. The molecule has 0 aromatic rings. The first-order valence-corrected chi connectivity index (χ1v) is 8.14. The maximum Gasteiger partial charge on any atom is 0.0548 e. The zero-order chi connectivity index (χ0) is 13.2. The van der Waals surface area contributed by atoms with E-state index < -0.39 is 0 Å². The van der Waals surface area contributed by atoms with Gasteiger partial charge in [0.05, 0.1) is 6.04 Å². The van der Waals surface area contributed by atoms with Gasteiger partial charge in [0.25, 0.3) is 0 Å². The molecule has 2 heteroatoms. The van der Waals surface area contributed by atoms with Crippen LogP contribution in [0.4, 0.5) is 0 Å². The highest BCUT2D eigenvalue weighted by molar-refractivity contribution is 5.63. The molecule has 0 spiro atoms. The minimum atomic E-state index is 0.690. The van der Waals surface area contributed by atoms with Crippen molar-refractivity contribution in [1.82, 2.24) is 5.01 Å². The van der Waals surface area contributed by atoms with Crippen LogP contribution in [-0.4, -0.2) is 23.8 Å². The van der Waals surface area contributed by atoms with E-state index in [1.807, 2.05) is 0 Å². The van der Waals surface area contributed by atoms with Crippen molar-refractivity contribution in [2.75, 3.05) is 6.54 Å². The lowest BCUT2D eigenvalue weighted by atomic mass is 9.95. The predicted molar refractivity (Wildman–Crippen MR) is 81.1 cm³/mol. The molecule has 0 aromatic heterocycles. The normalized spacial score (nSPS) is 22.9. The molecule has 0 unspecified atom stereocenters. The number of rotatable bonds is 10. The van der Waals surface area contributed by atoms with Crippen LogP contribution in [0.25, 0.3) is 0 Å². The molecule has 0 saturated carbocycles. The highest BCUT2D eigenvalue weighted by Crippen LogP contribution is 2.24. The minimum absolute atomic E-state index is 0.690. The second-order valence-corrected chi connectivity index (χ2v) is 5.62. The van der Waals surface area contributed by atoms with Crippen molar-refractivity contribution in [1.29, 1.82) is 0 Å². The van der Waals surface area contributed by atoms with Gasteiger partial charge >= 0.3 is 0 Å². The van der Waals surface area contributed by atoms with E-state index in [-0.39, 0.29) is 0 Å². The average molecular weight is 252 g/mol. The number of hydrazone groups is 1. The van der Waals surface area contributed by atoms with Crippen LogP contribution < -0.4 is 0 Å². The van der Waals surface area contributed by atoms with Gasteiger partial charge in [-0.3, -0.25) is 5.01 Å². The van der Waals surface area contributed by atoms with Crippen molar-refractivity contribution >= 4 is 6.21 Å². The zero-order valence-corrected chi connectivity index (χ0v) is 12.7. The highest BCUT2D eigenvalue weighted by atomic mass is 15.5. The molecule has 0 aliphatic carbocycles. The lowest BCUT2D eigenvalue weighted by Crippen LogP contribution is -2.32. The van der Waals surface area contributed by atoms with Gasteiger partial charge in [-0.25, -0.2) is 0 Å². The van der Waals surface area contributed by atoms with Gasteiger partial charge < -0.3 is 0 Å². The minimum Gasteiger partial charge on any atom is -0.294 e. The maximum atomic E-state index is 4.63. The molecule has 1 heterocycles. The summed E-state index contributed by atoms with van der Waals surface area (Å²) < 4.78 is 0. The first-order valence-electron chi connectivity index (χ1n) is 8.14. The molecule has 0 radical (unpaired) electrons. The Labute approximate surface area is 114 Å². The van der Waals surface area contributed by atoms with E-state index in [1.165, 1.54) is 64.3 Å². The van der Waals surface area contributed by atoms with Crippen LogP contribution >= 0.6 is 0 Å². The van der Waals surface area contributed by atoms with Crippen LogP contribution in [0, 0.1) is 5.92 Å². The summed E-state index contributed by atoms with van der Waals surface area (Å²) in [5.41, 5.74) is 0. The van der Waals surface area contributed by atoms with Crippen molar-refractivity contribution in [3.8, 4) is 0 Å². The standard InChI is InChI=1S/C16H32N2/c1-4-7-8-9-10-11-13-18-16(12-5-2)15(6-3)14-17-18/h14-16H,4-13H2,1-3H3/t15-,16-/m1/s1. The van der Waals surface area contributed by atoms with E-state index in [1.54, 1.807) is 0 Å². The fraction of sp³-hybridized carbons (Fsp3) is 0.938. The Morgan fingerprint density at radius 1 is 0.944 bits per heavy atom. The third kappa shape index (κ3) is 4.99. The molecule has 0 N–H and O–H groups in total. The van der Waals surface area contributed by atoms with Gasteiger partial charge in [-0.05, 0) is 19.3 Å². The molecule has 2 atom stereocenters. The second-order valence-electron chi connectivity index (χ2n) is 5.62. The van der Waals surface area contributed by atoms with Crippen molar-refractivity contribution in [2.24, 2.45) is 11.0 Å². The van der Waals surface area contributed by atoms with E-state index in [2.05, 4.69) is 37.1 Å². The van der Waals surface area contributed by atoms with Gasteiger partial charge in [-0.15, -0.1) is 0 Å². The summed E-state index contributed by atoms with van der Waals surface area (Å²) in [5, 5.41) is 7.00. The van der Waals surface area contributed by atoms with Gasteiger partial charge in [-0.2, -0.15) is 5.10 Å². The van der Waals surface area contributed by atoms with Crippen molar-refractivity contribution < 1.29 is 0 Å². The lowest BCUT2D eigenvalue weighted by Gasteiger charge is -2.27. The number of hydrogen-bond donors (Lipinski definition) is 0. The van der Waals surface area contributed by atoms with Crippen LogP contribution in [0.3, 0.4) is 0 Å². The van der Waals surface area contributed by atoms with Gasteiger partial charge in [0, 0.05) is 18.7 Å². The summed E-state index contributed by atoms with van der Waals surface area (Å²) in [7, 11) is 0. The summed E-state index contributed by atoms with van der Waals surface area (Å²) >= 11 is 0. The first-order chi connectivity index (χ1) is 8.83. The Hall–Kier alpha value is -0.530. The van der Waals surface area contributed by atoms with E-state index in [9.17, 15) is 0 Å². The summed E-state index contributed by atoms with van der Waals surface area (Å²) in [6.45, 7) is 8.02. The molecule has 2 nitrogen and oxygen atoms in total. The monoisotopic (exact) mass is 252 g/mol. The first kappa shape index (κ1) is 15.5. The van der Waals surface area contributed by atoms with Gasteiger partial charge in [0.1, 0.15) is 0 Å². The Morgan fingerprint density at radius 2 is 1.67 bits per heavy atom. The molecule has 0 fully saturated rings. The number of hydrogen-bond acceptors (Lipinski definition) is 2. The zero-order valence-electron chi connectivity index (χ0n) is 12.7. The van der Waals surface area contributed by atoms with Crippen LogP contribution in [0.1, 0.15) is 78.6 Å². The Balaban J connectivity index is 2.18. The van der Waals surface area contributed by atoms with Crippen LogP contribution in [-0.2, 0) is 0 Å². The van der Waals surface area contributed by atoms with E-state index in [4.69, 9.17) is 0 Å². The smallest absolute Gasteiger partial charge is 0.0548 e. The van der Waals surface area contributed by atoms with Crippen LogP contribution in [0.2, 0.25) is 0 Å². The fourth-order valence-electron chi connectivity index (χ4n) is 2.89. The molecule has 1 aliphatic rings. The van der Waals surface area contributed by atoms with Gasteiger partial charge in [-0.1, -0.05) is 59.3 Å². The molecule has 18 heavy (non-hydrogen) atoms. The topological polar surface area (TPSA) is 15.6 Å². The SMILES string of the molecule is CCCCCCCCN1N=C[C@@H](CC)[C@H]1CCC. The summed E-state index contributed by atoms with van der Waals surface area (Å²) in [5.74, 6) is 0.699. The van der Waals surface area contributed by atoms with Crippen LogP contribution in [0.15, 0.2) is 5.10 Å².